The third-order valence-electron chi connectivity index (χ3n) is 2.03. The SMILES string of the molecule is COC(=O)c1nccc(NCCCOCCO)n1. The van der Waals surface area contributed by atoms with E-state index in [4.69, 9.17) is 9.84 Å². The maximum Gasteiger partial charge on any atom is 0.376 e. The molecule has 2 N–H and O–H groups in total. The third-order valence-corrected chi connectivity index (χ3v) is 2.03. The van der Waals surface area contributed by atoms with Crippen molar-refractivity contribution in [3.63, 3.8) is 0 Å². The summed E-state index contributed by atoms with van der Waals surface area (Å²) in [4.78, 5) is 19.0. The van der Waals surface area contributed by atoms with E-state index in [1.165, 1.54) is 13.3 Å². The number of aliphatic hydroxyl groups excluding tert-OH is 1. The zero-order valence-corrected chi connectivity index (χ0v) is 10.3. The molecule has 0 bridgehead atoms. The van der Waals surface area contributed by atoms with Crippen LogP contribution in [0.1, 0.15) is 17.0 Å². The highest BCUT2D eigenvalue weighted by Gasteiger charge is 2.08. The minimum absolute atomic E-state index is 0.0269. The lowest BCUT2D eigenvalue weighted by atomic mass is 10.4. The molecule has 1 rings (SSSR count). The fourth-order valence-corrected chi connectivity index (χ4v) is 1.20. The standard InChI is InChI=1S/C11H17N3O4/c1-17-11(16)10-13-5-3-9(14-10)12-4-2-7-18-8-6-15/h3,5,15H,2,4,6-8H2,1H3,(H,12,13,14). The normalized spacial score (nSPS) is 10.1. The van der Waals surface area contributed by atoms with E-state index in [0.29, 0.717) is 25.6 Å². The van der Waals surface area contributed by atoms with Crippen molar-refractivity contribution in [3.05, 3.63) is 18.1 Å². The average Bonchev–Trinajstić information content (AvgIpc) is 2.42. The second-order valence-electron chi connectivity index (χ2n) is 3.37. The lowest BCUT2D eigenvalue weighted by molar-refractivity contribution is 0.0587. The number of methoxy groups -OCH3 is 1. The molecule has 0 fully saturated rings. The summed E-state index contributed by atoms with van der Waals surface area (Å²) in [5.74, 6) is 0.0246. The Morgan fingerprint density at radius 1 is 1.50 bits per heavy atom. The largest absolute Gasteiger partial charge is 0.463 e. The number of rotatable bonds is 8. The van der Waals surface area contributed by atoms with Crippen LogP contribution in [0, 0.1) is 0 Å². The van der Waals surface area contributed by atoms with Gasteiger partial charge in [0.2, 0.25) is 5.82 Å². The molecule has 0 atom stereocenters. The minimum Gasteiger partial charge on any atom is -0.463 e. The molecule has 0 radical (unpaired) electrons. The highest BCUT2D eigenvalue weighted by atomic mass is 16.5. The van der Waals surface area contributed by atoms with Crippen LogP contribution in [0.4, 0.5) is 5.82 Å². The summed E-state index contributed by atoms with van der Waals surface area (Å²) in [5.41, 5.74) is 0. The molecule has 7 nitrogen and oxygen atoms in total. The molecule has 0 aliphatic carbocycles. The highest BCUT2D eigenvalue weighted by Crippen LogP contribution is 2.02. The molecule has 0 aliphatic heterocycles. The summed E-state index contributed by atoms with van der Waals surface area (Å²) in [6.45, 7) is 1.59. The third kappa shape index (κ3) is 5.07. The quantitative estimate of drug-likeness (QED) is 0.501. The predicted molar refractivity (Wildman–Crippen MR) is 64.4 cm³/mol. The molecule has 0 saturated carbocycles. The summed E-state index contributed by atoms with van der Waals surface area (Å²) in [6.07, 6.45) is 2.27. The van der Waals surface area contributed by atoms with Gasteiger partial charge in [0.1, 0.15) is 5.82 Å². The number of carbonyl (C=O) groups is 1. The molecular weight excluding hydrogens is 238 g/mol. The van der Waals surface area contributed by atoms with Crippen molar-refractivity contribution in [1.29, 1.82) is 0 Å². The van der Waals surface area contributed by atoms with Gasteiger partial charge in [-0.25, -0.2) is 14.8 Å². The Kier molecular flexibility index (Phi) is 6.67. The van der Waals surface area contributed by atoms with E-state index >= 15 is 0 Å². The lowest BCUT2D eigenvalue weighted by Gasteiger charge is -2.06. The molecular formula is C11H17N3O4. The van der Waals surface area contributed by atoms with Crippen molar-refractivity contribution >= 4 is 11.8 Å². The van der Waals surface area contributed by atoms with Crippen LogP contribution in [-0.2, 0) is 9.47 Å². The lowest BCUT2D eigenvalue weighted by Crippen LogP contribution is -2.12. The van der Waals surface area contributed by atoms with E-state index in [2.05, 4.69) is 20.0 Å². The molecule has 0 spiro atoms. The zero-order chi connectivity index (χ0) is 13.2. The van der Waals surface area contributed by atoms with Crippen molar-refractivity contribution < 1.29 is 19.4 Å². The van der Waals surface area contributed by atoms with Crippen molar-refractivity contribution in [2.24, 2.45) is 0 Å². The highest BCUT2D eigenvalue weighted by molar-refractivity contribution is 5.85. The summed E-state index contributed by atoms with van der Waals surface area (Å²) in [5, 5.41) is 11.5. The van der Waals surface area contributed by atoms with E-state index in [1.807, 2.05) is 0 Å². The number of anilines is 1. The number of hydrogen-bond acceptors (Lipinski definition) is 7. The van der Waals surface area contributed by atoms with E-state index in [-0.39, 0.29) is 12.4 Å². The van der Waals surface area contributed by atoms with Gasteiger partial charge in [-0.15, -0.1) is 0 Å². The van der Waals surface area contributed by atoms with Crippen molar-refractivity contribution in [2.75, 3.05) is 38.8 Å². The number of aromatic nitrogens is 2. The molecule has 1 aromatic heterocycles. The molecule has 1 heterocycles. The average molecular weight is 255 g/mol. The second kappa shape index (κ2) is 8.37. The van der Waals surface area contributed by atoms with Crippen LogP contribution < -0.4 is 5.32 Å². The van der Waals surface area contributed by atoms with Gasteiger partial charge in [-0.2, -0.15) is 0 Å². The summed E-state index contributed by atoms with van der Waals surface area (Å²) < 4.78 is 9.63. The maximum absolute atomic E-state index is 11.2. The van der Waals surface area contributed by atoms with Crippen molar-refractivity contribution in [2.45, 2.75) is 6.42 Å². The fourth-order valence-electron chi connectivity index (χ4n) is 1.20. The fraction of sp³-hybridized carbons (Fsp3) is 0.545. The van der Waals surface area contributed by atoms with Gasteiger partial charge in [-0.3, -0.25) is 0 Å². The number of nitrogens with zero attached hydrogens (tertiary/aromatic N) is 2. The molecule has 1 aromatic rings. The molecule has 0 amide bonds. The van der Waals surface area contributed by atoms with Gasteiger partial charge in [0.25, 0.3) is 0 Å². The number of hydrogen-bond donors (Lipinski definition) is 2. The van der Waals surface area contributed by atoms with Crippen molar-refractivity contribution in [1.82, 2.24) is 9.97 Å². The van der Waals surface area contributed by atoms with Crippen LogP contribution in [0.2, 0.25) is 0 Å². The Morgan fingerprint density at radius 2 is 2.33 bits per heavy atom. The van der Waals surface area contributed by atoms with Gasteiger partial charge in [-0.1, -0.05) is 0 Å². The second-order valence-corrected chi connectivity index (χ2v) is 3.37. The van der Waals surface area contributed by atoms with E-state index in [1.54, 1.807) is 6.07 Å². The Balaban J connectivity index is 2.32. The molecule has 0 unspecified atom stereocenters. The number of carbonyl (C=O) groups excluding carboxylic acids is 1. The Morgan fingerprint density at radius 3 is 3.06 bits per heavy atom. The van der Waals surface area contributed by atoms with Crippen LogP contribution >= 0.6 is 0 Å². The number of esters is 1. The van der Waals surface area contributed by atoms with Crippen LogP contribution in [0.25, 0.3) is 0 Å². The van der Waals surface area contributed by atoms with Gasteiger partial charge >= 0.3 is 5.97 Å². The Hall–Kier alpha value is -1.73. The zero-order valence-electron chi connectivity index (χ0n) is 10.3. The van der Waals surface area contributed by atoms with E-state index < -0.39 is 5.97 Å². The maximum atomic E-state index is 11.2. The first-order valence-electron chi connectivity index (χ1n) is 5.61. The van der Waals surface area contributed by atoms with E-state index in [0.717, 1.165) is 6.42 Å². The van der Waals surface area contributed by atoms with Gasteiger partial charge in [0.05, 0.1) is 20.3 Å². The smallest absolute Gasteiger partial charge is 0.376 e. The molecule has 0 aromatic carbocycles. The van der Waals surface area contributed by atoms with E-state index in [9.17, 15) is 4.79 Å². The molecule has 0 saturated heterocycles. The van der Waals surface area contributed by atoms with Gasteiger partial charge < -0.3 is 19.9 Å². The van der Waals surface area contributed by atoms with Crippen LogP contribution in [0.5, 0.6) is 0 Å². The molecule has 100 valence electrons. The summed E-state index contributed by atoms with van der Waals surface area (Å²) >= 11 is 0. The summed E-state index contributed by atoms with van der Waals surface area (Å²) in [7, 11) is 1.28. The van der Waals surface area contributed by atoms with Crippen molar-refractivity contribution in [3.8, 4) is 0 Å². The van der Waals surface area contributed by atoms with Crippen LogP contribution in [-0.4, -0.2) is 54.5 Å². The van der Waals surface area contributed by atoms with Crippen LogP contribution in [0.15, 0.2) is 12.3 Å². The number of aliphatic hydroxyl groups is 1. The minimum atomic E-state index is -0.565. The first kappa shape index (κ1) is 14.3. The molecule has 7 heteroatoms. The number of nitrogens with one attached hydrogen (secondary N) is 1. The topological polar surface area (TPSA) is 93.6 Å². The predicted octanol–water partition coefficient (Wildman–Crippen LogP) is 0.0741. The molecule has 0 aliphatic rings. The Labute approximate surface area is 105 Å². The van der Waals surface area contributed by atoms with Gasteiger partial charge in [0.15, 0.2) is 0 Å². The van der Waals surface area contributed by atoms with Gasteiger partial charge in [-0.05, 0) is 12.5 Å². The molecule has 18 heavy (non-hydrogen) atoms. The first-order chi connectivity index (χ1) is 8.77. The monoisotopic (exact) mass is 255 g/mol. The van der Waals surface area contributed by atoms with Crippen LogP contribution in [0.3, 0.4) is 0 Å². The first-order valence-corrected chi connectivity index (χ1v) is 5.61. The number of ether oxygens (including phenoxy) is 2. The summed E-state index contributed by atoms with van der Waals surface area (Å²) in [6, 6.07) is 1.67. The Bertz CT molecular complexity index is 373. The van der Waals surface area contributed by atoms with Gasteiger partial charge in [0, 0.05) is 19.3 Å².